The fourth-order valence-electron chi connectivity index (χ4n) is 5.10. The van der Waals surface area contributed by atoms with Crippen molar-refractivity contribution < 1.29 is 14.7 Å². The molecular weight excluding hydrogens is 429 g/mol. The average Bonchev–Trinajstić information content (AvgIpc) is 3.33. The van der Waals surface area contributed by atoms with Gasteiger partial charge in [-0.15, -0.1) is 0 Å². The van der Waals surface area contributed by atoms with Crippen molar-refractivity contribution in [1.82, 2.24) is 14.8 Å². The summed E-state index contributed by atoms with van der Waals surface area (Å²) in [5.41, 5.74) is -0.489. The molecular formula is C21H19Cl2N3O4. The minimum atomic E-state index is -0.855. The standard InChI is InChI=1S/C21H19Cl2N3O4/c22-14-3-1-2-11(16(14)23)7-24-20(29)13-8-25-9-15-10-4-5-12(6-10)26(15)21(30)17(25)19(28)18(13)27/h1-3,8,10,12,15,28H,4-7,9H2,(H,24,29). The molecule has 7 nitrogen and oxygen atoms in total. The number of amides is 2. The lowest BCUT2D eigenvalue weighted by Crippen LogP contribution is -2.52. The predicted octanol–water partition coefficient (Wildman–Crippen LogP) is 2.80. The van der Waals surface area contributed by atoms with E-state index in [1.165, 1.54) is 6.20 Å². The molecule has 3 aliphatic rings. The molecule has 1 aliphatic carbocycles. The van der Waals surface area contributed by atoms with Crippen LogP contribution in [-0.4, -0.2) is 38.5 Å². The first-order valence-electron chi connectivity index (χ1n) is 9.87. The first-order valence-corrected chi connectivity index (χ1v) is 10.6. The highest BCUT2D eigenvalue weighted by Crippen LogP contribution is 2.45. The maximum atomic E-state index is 13.0. The van der Waals surface area contributed by atoms with Crippen molar-refractivity contribution in [3.63, 3.8) is 0 Å². The van der Waals surface area contributed by atoms with Gasteiger partial charge in [-0.05, 0) is 36.8 Å². The molecule has 1 aromatic carbocycles. The van der Waals surface area contributed by atoms with Gasteiger partial charge in [0.25, 0.3) is 11.8 Å². The van der Waals surface area contributed by atoms with Crippen LogP contribution in [0.4, 0.5) is 0 Å². The quantitative estimate of drug-likeness (QED) is 0.756. The van der Waals surface area contributed by atoms with Crippen molar-refractivity contribution in [3.05, 3.63) is 61.5 Å². The Bertz CT molecular complexity index is 1150. The van der Waals surface area contributed by atoms with Crippen molar-refractivity contribution in [2.24, 2.45) is 5.92 Å². The minimum absolute atomic E-state index is 0.0294. The monoisotopic (exact) mass is 447 g/mol. The summed E-state index contributed by atoms with van der Waals surface area (Å²) in [6.07, 6.45) is 4.38. The van der Waals surface area contributed by atoms with Crippen molar-refractivity contribution >= 4 is 35.0 Å². The molecule has 9 heteroatoms. The van der Waals surface area contributed by atoms with Crippen LogP contribution in [-0.2, 0) is 13.1 Å². The Morgan fingerprint density at radius 3 is 2.83 bits per heavy atom. The molecule has 2 fully saturated rings. The third-order valence-corrected chi connectivity index (χ3v) is 7.39. The molecule has 3 heterocycles. The third kappa shape index (κ3) is 2.83. The summed E-state index contributed by atoms with van der Waals surface area (Å²) in [4.78, 5) is 40.2. The number of carbonyl (C=O) groups is 2. The predicted molar refractivity (Wildman–Crippen MR) is 111 cm³/mol. The van der Waals surface area contributed by atoms with Gasteiger partial charge >= 0.3 is 0 Å². The van der Waals surface area contributed by atoms with Gasteiger partial charge in [0.1, 0.15) is 5.56 Å². The molecule has 1 saturated carbocycles. The number of nitrogens with zero attached hydrogens (tertiary/aromatic N) is 2. The van der Waals surface area contributed by atoms with Crippen LogP contribution in [0.25, 0.3) is 0 Å². The number of aromatic nitrogens is 1. The lowest BCUT2D eigenvalue weighted by Gasteiger charge is -2.40. The van der Waals surface area contributed by atoms with Crippen molar-refractivity contribution in [2.75, 3.05) is 0 Å². The average molecular weight is 448 g/mol. The zero-order valence-electron chi connectivity index (χ0n) is 15.9. The number of benzene rings is 1. The zero-order chi connectivity index (χ0) is 21.2. The van der Waals surface area contributed by atoms with Gasteiger partial charge in [0.2, 0.25) is 5.43 Å². The molecule has 5 rings (SSSR count). The van der Waals surface area contributed by atoms with Crippen LogP contribution < -0.4 is 10.7 Å². The lowest BCUT2D eigenvalue weighted by atomic mass is 9.95. The second-order valence-corrected chi connectivity index (χ2v) is 8.91. The van der Waals surface area contributed by atoms with Crippen LogP contribution in [0, 0.1) is 5.92 Å². The van der Waals surface area contributed by atoms with Gasteiger partial charge in [-0.25, -0.2) is 0 Å². The van der Waals surface area contributed by atoms with Gasteiger partial charge < -0.3 is 19.9 Å². The molecule has 2 bridgehead atoms. The number of hydrogen-bond acceptors (Lipinski definition) is 4. The van der Waals surface area contributed by atoms with E-state index < -0.39 is 17.1 Å². The number of nitrogens with one attached hydrogen (secondary N) is 1. The SMILES string of the molecule is O=C(NCc1cccc(Cl)c1Cl)c1cn2c(c(O)c1=O)C(=O)N1C3CCC(C3)C1C2. The molecule has 3 atom stereocenters. The fourth-order valence-corrected chi connectivity index (χ4v) is 5.49. The summed E-state index contributed by atoms with van der Waals surface area (Å²) in [7, 11) is 0. The molecule has 0 radical (unpaired) electrons. The lowest BCUT2D eigenvalue weighted by molar-refractivity contribution is 0.0482. The molecule has 2 amide bonds. The first-order chi connectivity index (χ1) is 14.4. The van der Waals surface area contributed by atoms with Crippen LogP contribution in [0.15, 0.2) is 29.2 Å². The van der Waals surface area contributed by atoms with E-state index >= 15 is 0 Å². The van der Waals surface area contributed by atoms with Crippen molar-refractivity contribution in [1.29, 1.82) is 0 Å². The summed E-state index contributed by atoms with van der Waals surface area (Å²) in [6.45, 7) is 0.537. The summed E-state index contributed by atoms with van der Waals surface area (Å²) in [5.74, 6) is -1.22. The van der Waals surface area contributed by atoms with Gasteiger partial charge in [0.05, 0.1) is 16.1 Å². The molecule has 0 spiro atoms. The second kappa shape index (κ2) is 7.03. The van der Waals surface area contributed by atoms with Gasteiger partial charge in [0, 0.05) is 25.3 Å². The normalized spacial score (nSPS) is 24.0. The zero-order valence-corrected chi connectivity index (χ0v) is 17.4. The number of pyridine rings is 1. The van der Waals surface area contributed by atoms with Crippen molar-refractivity contribution in [2.45, 2.75) is 44.4 Å². The smallest absolute Gasteiger partial charge is 0.275 e. The Kier molecular flexibility index (Phi) is 4.56. The minimum Gasteiger partial charge on any atom is -0.503 e. The molecule has 1 saturated heterocycles. The van der Waals surface area contributed by atoms with Crippen LogP contribution in [0.1, 0.15) is 45.7 Å². The topological polar surface area (TPSA) is 91.6 Å². The van der Waals surface area contributed by atoms with E-state index in [1.807, 2.05) is 4.90 Å². The Balaban J connectivity index is 1.45. The van der Waals surface area contributed by atoms with Crippen LogP contribution in [0.3, 0.4) is 0 Å². The second-order valence-electron chi connectivity index (χ2n) is 8.12. The van der Waals surface area contributed by atoms with E-state index in [-0.39, 0.29) is 35.8 Å². The number of carbonyl (C=O) groups excluding carboxylic acids is 2. The number of piperidine rings is 1. The van der Waals surface area contributed by atoms with Gasteiger partial charge in [-0.1, -0.05) is 35.3 Å². The summed E-state index contributed by atoms with van der Waals surface area (Å²) in [5, 5.41) is 13.8. The molecule has 3 unspecified atom stereocenters. The Labute approximate surface area is 182 Å². The first kappa shape index (κ1) is 19.5. The molecule has 156 valence electrons. The highest BCUT2D eigenvalue weighted by molar-refractivity contribution is 6.42. The number of fused-ring (bicyclic) bond motifs is 6. The molecule has 30 heavy (non-hydrogen) atoms. The maximum absolute atomic E-state index is 13.0. The molecule has 2 aromatic rings. The number of rotatable bonds is 3. The van der Waals surface area contributed by atoms with Gasteiger partial charge in [-0.2, -0.15) is 0 Å². The van der Waals surface area contributed by atoms with Gasteiger partial charge in [-0.3, -0.25) is 14.4 Å². The highest BCUT2D eigenvalue weighted by Gasteiger charge is 2.51. The van der Waals surface area contributed by atoms with Crippen LogP contribution >= 0.6 is 23.2 Å². The van der Waals surface area contributed by atoms with Crippen LogP contribution in [0.5, 0.6) is 5.75 Å². The summed E-state index contributed by atoms with van der Waals surface area (Å²) >= 11 is 12.1. The number of aromatic hydroxyl groups is 1. The molecule has 2 N–H and O–H groups in total. The van der Waals surface area contributed by atoms with Crippen LogP contribution in [0.2, 0.25) is 10.0 Å². The van der Waals surface area contributed by atoms with E-state index in [0.717, 1.165) is 19.3 Å². The van der Waals surface area contributed by atoms with E-state index in [9.17, 15) is 19.5 Å². The van der Waals surface area contributed by atoms with E-state index in [0.29, 0.717) is 28.1 Å². The summed E-state index contributed by atoms with van der Waals surface area (Å²) in [6, 6.07) is 5.29. The van der Waals surface area contributed by atoms with Gasteiger partial charge in [0.15, 0.2) is 11.4 Å². The van der Waals surface area contributed by atoms with E-state index in [2.05, 4.69) is 5.32 Å². The molecule has 1 aromatic heterocycles. The van der Waals surface area contributed by atoms with Crippen molar-refractivity contribution in [3.8, 4) is 5.75 Å². The fraction of sp³-hybridized carbons (Fsp3) is 0.381. The maximum Gasteiger partial charge on any atom is 0.275 e. The number of hydrogen-bond donors (Lipinski definition) is 2. The third-order valence-electron chi connectivity index (χ3n) is 6.53. The van der Waals surface area contributed by atoms with E-state index in [1.54, 1.807) is 22.8 Å². The Morgan fingerprint density at radius 1 is 1.23 bits per heavy atom. The molecule has 2 aliphatic heterocycles. The van der Waals surface area contributed by atoms with E-state index in [4.69, 9.17) is 23.2 Å². The Hall–Kier alpha value is -2.51. The highest BCUT2D eigenvalue weighted by atomic mass is 35.5. The largest absolute Gasteiger partial charge is 0.503 e. The Morgan fingerprint density at radius 2 is 2.03 bits per heavy atom. The number of halogens is 2. The summed E-state index contributed by atoms with van der Waals surface area (Å²) < 4.78 is 1.56.